The van der Waals surface area contributed by atoms with Crippen molar-refractivity contribution in [1.29, 1.82) is 0 Å². The van der Waals surface area contributed by atoms with Crippen molar-refractivity contribution in [2.45, 2.75) is 19.3 Å². The molecule has 13 heavy (non-hydrogen) atoms. The summed E-state index contributed by atoms with van der Waals surface area (Å²) in [6, 6.07) is 0. The van der Waals surface area contributed by atoms with E-state index in [4.69, 9.17) is 5.11 Å². The highest BCUT2D eigenvalue weighted by atomic mass is 32.1. The number of rotatable bonds is 6. The number of carbonyl (C=O) groups is 2. The van der Waals surface area contributed by atoms with E-state index in [0.29, 0.717) is 12.8 Å². The highest BCUT2D eigenvalue weighted by Crippen LogP contribution is 2.11. The minimum Gasteiger partial charge on any atom is -0.481 e. The van der Waals surface area contributed by atoms with Crippen molar-refractivity contribution >= 4 is 29.5 Å². The number of esters is 1. The van der Waals surface area contributed by atoms with Gasteiger partial charge in [0.05, 0.1) is 19.4 Å². The van der Waals surface area contributed by atoms with E-state index in [-0.39, 0.29) is 6.42 Å². The summed E-state index contributed by atoms with van der Waals surface area (Å²) in [5.74, 6) is -2.18. The lowest BCUT2D eigenvalue weighted by atomic mass is 10.0. The van der Waals surface area contributed by atoms with Crippen LogP contribution in [-0.2, 0) is 14.3 Å². The predicted octanol–water partition coefficient (Wildman–Crippen LogP) is 1.03. The molecule has 5 heteroatoms. The quantitative estimate of drug-likeness (QED) is 0.517. The average Bonchev–Trinajstić information content (AvgIpc) is 2.11. The standard InChI is InChI=1S/C8H12O4S/c1-12-7(9)5-6(8(10)11)3-2-4-13/h4,6H,2-3,5H2,1H3,(H,10,11). The third-order valence-corrected chi connectivity index (χ3v) is 1.86. The molecule has 0 fully saturated rings. The summed E-state index contributed by atoms with van der Waals surface area (Å²) in [6.45, 7) is 0. The first-order valence-corrected chi connectivity index (χ1v) is 4.32. The van der Waals surface area contributed by atoms with Gasteiger partial charge < -0.3 is 9.84 Å². The smallest absolute Gasteiger partial charge is 0.307 e. The van der Waals surface area contributed by atoms with E-state index >= 15 is 0 Å². The Morgan fingerprint density at radius 1 is 1.62 bits per heavy atom. The van der Waals surface area contributed by atoms with Crippen LogP contribution in [0.4, 0.5) is 0 Å². The van der Waals surface area contributed by atoms with E-state index in [1.54, 1.807) is 0 Å². The molecule has 0 saturated carbocycles. The Kier molecular flexibility index (Phi) is 6.05. The summed E-state index contributed by atoms with van der Waals surface area (Å²) in [4.78, 5) is 21.4. The van der Waals surface area contributed by atoms with Gasteiger partial charge in [-0.25, -0.2) is 0 Å². The number of hydrogen-bond acceptors (Lipinski definition) is 4. The summed E-state index contributed by atoms with van der Waals surface area (Å²) in [7, 11) is 1.24. The number of carboxylic acids is 1. The van der Waals surface area contributed by atoms with Crippen molar-refractivity contribution in [3.63, 3.8) is 0 Å². The molecule has 0 spiro atoms. The van der Waals surface area contributed by atoms with E-state index in [1.165, 1.54) is 12.5 Å². The van der Waals surface area contributed by atoms with E-state index < -0.39 is 17.9 Å². The summed E-state index contributed by atoms with van der Waals surface area (Å²) in [5, 5.41) is 10.2. The lowest BCUT2D eigenvalue weighted by Gasteiger charge is -2.08. The first kappa shape index (κ1) is 12.0. The van der Waals surface area contributed by atoms with Gasteiger partial charge in [0.1, 0.15) is 0 Å². The van der Waals surface area contributed by atoms with Gasteiger partial charge in [-0.05, 0) is 18.2 Å². The zero-order chi connectivity index (χ0) is 10.3. The Bertz CT molecular complexity index is 202. The van der Waals surface area contributed by atoms with Gasteiger partial charge in [0.15, 0.2) is 0 Å². The molecule has 0 saturated heterocycles. The molecule has 0 rings (SSSR count). The summed E-state index contributed by atoms with van der Waals surface area (Å²) >= 11 is 4.56. The molecule has 0 radical (unpaired) electrons. The molecule has 1 unspecified atom stereocenters. The minimum atomic E-state index is -0.984. The van der Waals surface area contributed by atoms with Crippen molar-refractivity contribution in [3.8, 4) is 0 Å². The minimum absolute atomic E-state index is 0.0883. The average molecular weight is 204 g/mol. The Morgan fingerprint density at radius 3 is 2.62 bits per heavy atom. The molecule has 0 amide bonds. The highest BCUT2D eigenvalue weighted by Gasteiger charge is 2.20. The first-order valence-electron chi connectivity index (χ1n) is 3.85. The number of methoxy groups -OCH3 is 1. The second-order valence-corrected chi connectivity index (χ2v) is 2.89. The Balaban J connectivity index is 4.01. The van der Waals surface area contributed by atoms with Crippen LogP contribution < -0.4 is 0 Å². The van der Waals surface area contributed by atoms with Crippen LogP contribution in [0.2, 0.25) is 0 Å². The molecule has 0 aromatic carbocycles. The molecule has 74 valence electrons. The van der Waals surface area contributed by atoms with Crippen LogP contribution in [0.15, 0.2) is 0 Å². The number of thiocarbonyl (C=S) groups is 1. The van der Waals surface area contributed by atoms with Gasteiger partial charge in [-0.3, -0.25) is 9.59 Å². The van der Waals surface area contributed by atoms with Gasteiger partial charge >= 0.3 is 11.9 Å². The third-order valence-electron chi connectivity index (χ3n) is 1.62. The van der Waals surface area contributed by atoms with Crippen LogP contribution in [0, 0.1) is 5.92 Å². The van der Waals surface area contributed by atoms with E-state index in [0.717, 1.165) is 0 Å². The zero-order valence-corrected chi connectivity index (χ0v) is 8.17. The van der Waals surface area contributed by atoms with Crippen molar-refractivity contribution in [1.82, 2.24) is 0 Å². The zero-order valence-electron chi connectivity index (χ0n) is 7.36. The molecule has 0 bridgehead atoms. The number of hydrogen-bond donors (Lipinski definition) is 1. The fraction of sp³-hybridized carbons (Fsp3) is 0.625. The number of ether oxygens (including phenoxy) is 1. The van der Waals surface area contributed by atoms with Gasteiger partial charge in [-0.2, -0.15) is 0 Å². The predicted molar refractivity (Wildman–Crippen MR) is 50.6 cm³/mol. The van der Waals surface area contributed by atoms with Gasteiger partial charge in [-0.1, -0.05) is 12.2 Å². The van der Waals surface area contributed by atoms with Gasteiger partial charge in [0.25, 0.3) is 0 Å². The maximum absolute atomic E-state index is 10.8. The summed E-state index contributed by atoms with van der Waals surface area (Å²) < 4.78 is 4.37. The van der Waals surface area contributed by atoms with Crippen molar-refractivity contribution in [2.24, 2.45) is 5.92 Å². The molecule has 1 atom stereocenters. The third kappa shape index (κ3) is 5.30. The Morgan fingerprint density at radius 2 is 2.23 bits per heavy atom. The fourth-order valence-corrected chi connectivity index (χ4v) is 1.00. The van der Waals surface area contributed by atoms with Crippen LogP contribution in [0.1, 0.15) is 19.3 Å². The normalized spacial score (nSPS) is 11.8. The lowest BCUT2D eigenvalue weighted by Crippen LogP contribution is -2.18. The van der Waals surface area contributed by atoms with Crippen molar-refractivity contribution < 1.29 is 19.4 Å². The summed E-state index contributed by atoms with van der Waals surface area (Å²) in [6.07, 6.45) is 0.812. The molecule has 0 heterocycles. The second-order valence-electron chi connectivity index (χ2n) is 2.56. The van der Waals surface area contributed by atoms with E-state index in [9.17, 15) is 9.59 Å². The number of carboxylic acid groups (broad SMARTS) is 1. The first-order chi connectivity index (χ1) is 6.11. The van der Waals surface area contributed by atoms with E-state index in [1.807, 2.05) is 0 Å². The molecule has 0 aromatic rings. The molecule has 1 N–H and O–H groups in total. The summed E-state index contributed by atoms with van der Waals surface area (Å²) in [5.41, 5.74) is 0. The molecule has 0 aliphatic carbocycles. The van der Waals surface area contributed by atoms with Crippen LogP contribution in [0.5, 0.6) is 0 Å². The van der Waals surface area contributed by atoms with Crippen LogP contribution in [-0.4, -0.2) is 29.5 Å². The largest absolute Gasteiger partial charge is 0.481 e. The molecule has 0 aliphatic rings. The van der Waals surface area contributed by atoms with Crippen LogP contribution in [0.3, 0.4) is 0 Å². The Hall–Kier alpha value is -0.970. The van der Waals surface area contributed by atoms with Crippen LogP contribution in [0.25, 0.3) is 0 Å². The van der Waals surface area contributed by atoms with Crippen molar-refractivity contribution in [2.75, 3.05) is 7.11 Å². The maximum Gasteiger partial charge on any atom is 0.307 e. The van der Waals surface area contributed by atoms with Crippen LogP contribution >= 0.6 is 12.2 Å². The monoisotopic (exact) mass is 204 g/mol. The SMILES string of the molecule is COC(=O)CC(CCC=S)C(=O)O. The van der Waals surface area contributed by atoms with Gasteiger partial charge in [0, 0.05) is 0 Å². The van der Waals surface area contributed by atoms with Gasteiger partial charge in [-0.15, -0.1) is 0 Å². The lowest BCUT2D eigenvalue weighted by molar-refractivity contribution is -0.150. The van der Waals surface area contributed by atoms with E-state index in [2.05, 4.69) is 17.0 Å². The topological polar surface area (TPSA) is 63.6 Å². The number of carbonyl (C=O) groups excluding carboxylic acids is 1. The molecular weight excluding hydrogens is 192 g/mol. The van der Waals surface area contributed by atoms with Gasteiger partial charge in [0.2, 0.25) is 0 Å². The maximum atomic E-state index is 10.8. The number of aliphatic carboxylic acids is 1. The molecular formula is C8H12O4S. The fourth-order valence-electron chi connectivity index (χ4n) is 0.867. The molecule has 4 nitrogen and oxygen atoms in total. The van der Waals surface area contributed by atoms with Crippen molar-refractivity contribution in [3.05, 3.63) is 0 Å². The highest BCUT2D eigenvalue weighted by molar-refractivity contribution is 7.78. The second kappa shape index (κ2) is 6.54. The molecule has 0 aliphatic heterocycles. The Labute approximate surface area is 81.9 Å². The molecule has 0 aromatic heterocycles.